The van der Waals surface area contributed by atoms with Gasteiger partial charge in [-0.05, 0) is 5.18 Å². The Hall–Kier alpha value is -2.03. The van der Waals surface area contributed by atoms with E-state index in [1.807, 2.05) is 5.32 Å². The van der Waals surface area contributed by atoms with Crippen molar-refractivity contribution >= 4 is 28.3 Å². The first-order chi connectivity index (χ1) is 7.54. The summed E-state index contributed by atoms with van der Waals surface area (Å²) in [6.45, 7) is -0.579. The van der Waals surface area contributed by atoms with Crippen LogP contribution in [-0.2, 0) is 9.59 Å². The molecule has 86 valence electrons. The first kappa shape index (κ1) is 12.0. The molecule has 0 aliphatic heterocycles. The number of thiazole rings is 1. The van der Waals surface area contributed by atoms with Gasteiger partial charge < -0.3 is 16.2 Å². The number of carbonyl (C=O) groups excluding carboxylic acids is 1. The van der Waals surface area contributed by atoms with Gasteiger partial charge in [0, 0.05) is 5.38 Å². The third-order valence-corrected chi connectivity index (χ3v) is 2.28. The summed E-state index contributed by atoms with van der Waals surface area (Å²) in [5, 5.41) is 14.6. The second-order valence-corrected chi connectivity index (χ2v) is 3.62. The molecule has 8 nitrogen and oxygen atoms in total. The molecule has 1 atom stereocenters. The van der Waals surface area contributed by atoms with Crippen molar-refractivity contribution in [2.45, 2.75) is 6.04 Å². The largest absolute Gasteiger partial charge is 0.480 e. The molecule has 0 bridgehead atoms. The quantitative estimate of drug-likeness (QED) is 0.610. The first-order valence-electron chi connectivity index (χ1n) is 4.07. The molecular weight excluding hydrogens is 236 g/mol. The van der Waals surface area contributed by atoms with Gasteiger partial charge in [-0.2, -0.15) is 0 Å². The van der Waals surface area contributed by atoms with Gasteiger partial charge in [-0.25, -0.2) is 4.98 Å². The average Bonchev–Trinajstić information content (AvgIpc) is 2.63. The van der Waals surface area contributed by atoms with Crippen molar-refractivity contribution < 1.29 is 14.7 Å². The SMILES string of the molecule is Nc1nc(C(N=O)C(=O)NCC(=O)O)cs1. The number of aromatic nitrogens is 1. The minimum absolute atomic E-state index is 0.111. The van der Waals surface area contributed by atoms with Crippen molar-refractivity contribution in [3.63, 3.8) is 0 Å². The van der Waals surface area contributed by atoms with Gasteiger partial charge >= 0.3 is 5.97 Å². The number of anilines is 1. The molecule has 1 aromatic heterocycles. The molecule has 4 N–H and O–H groups in total. The van der Waals surface area contributed by atoms with Gasteiger partial charge in [0.15, 0.2) is 5.13 Å². The number of carboxylic acids is 1. The minimum Gasteiger partial charge on any atom is -0.480 e. The van der Waals surface area contributed by atoms with Crippen LogP contribution >= 0.6 is 11.3 Å². The van der Waals surface area contributed by atoms with Crippen molar-refractivity contribution in [2.75, 3.05) is 12.3 Å². The van der Waals surface area contributed by atoms with Crippen LogP contribution in [0.4, 0.5) is 5.13 Å². The summed E-state index contributed by atoms with van der Waals surface area (Å²) in [7, 11) is 0. The van der Waals surface area contributed by atoms with Crippen LogP contribution in [0.2, 0.25) is 0 Å². The lowest BCUT2D eigenvalue weighted by atomic mass is 10.2. The van der Waals surface area contributed by atoms with Crippen molar-refractivity contribution in [3.8, 4) is 0 Å². The van der Waals surface area contributed by atoms with Crippen molar-refractivity contribution in [1.82, 2.24) is 10.3 Å². The van der Waals surface area contributed by atoms with E-state index in [1.54, 1.807) is 0 Å². The molecule has 0 aliphatic carbocycles. The van der Waals surface area contributed by atoms with E-state index in [-0.39, 0.29) is 10.8 Å². The number of carbonyl (C=O) groups is 2. The number of rotatable bonds is 5. The number of amides is 1. The van der Waals surface area contributed by atoms with Gasteiger partial charge in [-0.3, -0.25) is 9.59 Å². The number of nitrogens with zero attached hydrogens (tertiary/aromatic N) is 2. The summed E-state index contributed by atoms with van der Waals surface area (Å²) in [6.07, 6.45) is 0. The second kappa shape index (κ2) is 5.16. The Kier molecular flexibility index (Phi) is 3.89. The lowest BCUT2D eigenvalue weighted by Gasteiger charge is -2.05. The molecule has 16 heavy (non-hydrogen) atoms. The maximum absolute atomic E-state index is 11.3. The van der Waals surface area contributed by atoms with E-state index in [1.165, 1.54) is 5.38 Å². The summed E-state index contributed by atoms with van der Waals surface area (Å²) in [4.78, 5) is 35.7. The summed E-state index contributed by atoms with van der Waals surface area (Å²) in [6, 6.07) is -1.37. The molecule has 1 unspecified atom stereocenters. The summed E-state index contributed by atoms with van der Waals surface area (Å²) >= 11 is 1.06. The van der Waals surface area contributed by atoms with E-state index >= 15 is 0 Å². The van der Waals surface area contributed by atoms with Crippen LogP contribution < -0.4 is 11.1 Å². The molecule has 1 amide bonds. The molecular formula is C7H8N4O4S. The second-order valence-electron chi connectivity index (χ2n) is 2.73. The van der Waals surface area contributed by atoms with E-state index in [0.717, 1.165) is 11.3 Å². The Labute approximate surface area is 93.5 Å². The van der Waals surface area contributed by atoms with Crippen molar-refractivity contribution in [3.05, 3.63) is 16.0 Å². The highest BCUT2D eigenvalue weighted by molar-refractivity contribution is 7.13. The molecule has 1 rings (SSSR count). The molecule has 0 aliphatic rings. The number of nitrogens with two attached hydrogens (primary N) is 1. The zero-order chi connectivity index (χ0) is 12.1. The molecule has 0 radical (unpaired) electrons. The zero-order valence-electron chi connectivity index (χ0n) is 7.91. The molecule has 0 aromatic carbocycles. The fourth-order valence-corrected chi connectivity index (χ4v) is 1.50. The predicted octanol–water partition coefficient (Wildman–Crippen LogP) is -0.266. The molecule has 1 heterocycles. The predicted molar refractivity (Wildman–Crippen MR) is 55.7 cm³/mol. The monoisotopic (exact) mass is 244 g/mol. The normalized spacial score (nSPS) is 11.8. The van der Waals surface area contributed by atoms with Crippen LogP contribution in [0.25, 0.3) is 0 Å². The maximum atomic E-state index is 11.3. The highest BCUT2D eigenvalue weighted by atomic mass is 32.1. The van der Waals surface area contributed by atoms with E-state index in [0.29, 0.717) is 0 Å². The van der Waals surface area contributed by atoms with Gasteiger partial charge in [0.1, 0.15) is 6.54 Å². The van der Waals surface area contributed by atoms with Gasteiger partial charge in [0.25, 0.3) is 5.91 Å². The number of nitrogen functional groups attached to an aromatic ring is 1. The molecule has 9 heteroatoms. The number of hydrogen-bond acceptors (Lipinski definition) is 7. The standard InChI is InChI=1S/C7H8N4O4S/c8-7-10-3(2-16-7)5(11-15)6(14)9-1-4(12)13/h2,5H,1H2,(H2,8,10)(H,9,14)(H,12,13). The minimum atomic E-state index is -1.37. The molecule has 1 aromatic rings. The van der Waals surface area contributed by atoms with Crippen LogP contribution in [0.3, 0.4) is 0 Å². The van der Waals surface area contributed by atoms with Crippen LogP contribution in [0, 0.1) is 4.91 Å². The fourth-order valence-electron chi connectivity index (χ4n) is 0.922. The van der Waals surface area contributed by atoms with Gasteiger partial charge in [-0.15, -0.1) is 16.2 Å². The van der Waals surface area contributed by atoms with Gasteiger partial charge in [-0.1, -0.05) is 0 Å². The van der Waals surface area contributed by atoms with Crippen molar-refractivity contribution in [1.29, 1.82) is 0 Å². The van der Waals surface area contributed by atoms with E-state index < -0.39 is 24.5 Å². The van der Waals surface area contributed by atoms with Crippen molar-refractivity contribution in [2.24, 2.45) is 5.18 Å². The Morgan fingerprint density at radius 1 is 1.69 bits per heavy atom. The van der Waals surface area contributed by atoms with Crippen LogP contribution in [-0.4, -0.2) is 28.5 Å². The average molecular weight is 244 g/mol. The number of carboxylic acid groups (broad SMARTS) is 1. The van der Waals surface area contributed by atoms with E-state index in [2.05, 4.69) is 10.2 Å². The Morgan fingerprint density at radius 2 is 2.38 bits per heavy atom. The fraction of sp³-hybridized carbons (Fsp3) is 0.286. The number of nitrogens with one attached hydrogen (secondary N) is 1. The summed E-state index contributed by atoms with van der Waals surface area (Å²) in [5.74, 6) is -2.03. The summed E-state index contributed by atoms with van der Waals surface area (Å²) < 4.78 is 0. The van der Waals surface area contributed by atoms with E-state index in [4.69, 9.17) is 10.8 Å². The number of aliphatic carboxylic acids is 1. The Balaban J connectivity index is 2.71. The molecule has 0 saturated heterocycles. The molecule has 0 fully saturated rings. The van der Waals surface area contributed by atoms with Gasteiger partial charge in [0.05, 0.1) is 5.69 Å². The lowest BCUT2D eigenvalue weighted by Crippen LogP contribution is -2.32. The van der Waals surface area contributed by atoms with Gasteiger partial charge in [0.2, 0.25) is 6.04 Å². The van der Waals surface area contributed by atoms with E-state index in [9.17, 15) is 14.5 Å². The smallest absolute Gasteiger partial charge is 0.322 e. The molecule has 0 spiro atoms. The summed E-state index contributed by atoms with van der Waals surface area (Å²) in [5.41, 5.74) is 5.44. The van der Waals surface area contributed by atoms with Crippen LogP contribution in [0.1, 0.15) is 11.7 Å². The number of hydrogen-bond donors (Lipinski definition) is 3. The molecule has 0 saturated carbocycles. The van der Waals surface area contributed by atoms with Crippen LogP contribution in [0.15, 0.2) is 10.6 Å². The third kappa shape index (κ3) is 2.98. The third-order valence-electron chi connectivity index (χ3n) is 1.59. The Morgan fingerprint density at radius 3 is 2.81 bits per heavy atom. The highest BCUT2D eigenvalue weighted by Gasteiger charge is 2.24. The maximum Gasteiger partial charge on any atom is 0.322 e. The topological polar surface area (TPSA) is 135 Å². The number of nitroso groups, excluding NO2 is 1. The highest BCUT2D eigenvalue weighted by Crippen LogP contribution is 2.21. The van der Waals surface area contributed by atoms with Crippen LogP contribution in [0.5, 0.6) is 0 Å². The Bertz CT molecular complexity index is 418. The lowest BCUT2D eigenvalue weighted by molar-refractivity contribution is -0.138. The first-order valence-corrected chi connectivity index (χ1v) is 4.95. The zero-order valence-corrected chi connectivity index (χ0v) is 8.73.